The van der Waals surface area contributed by atoms with Crippen LogP contribution in [0.25, 0.3) is 0 Å². The molecule has 6 heteroatoms. The van der Waals surface area contributed by atoms with Gasteiger partial charge in [-0.05, 0) is 63.6 Å². The highest BCUT2D eigenvalue weighted by atomic mass is 16.5. The largest absolute Gasteiger partial charge is 0.494 e. The highest BCUT2D eigenvalue weighted by Crippen LogP contribution is 2.35. The molecule has 0 unspecified atom stereocenters. The second-order valence-corrected chi connectivity index (χ2v) is 7.84. The van der Waals surface area contributed by atoms with Crippen LogP contribution < -0.4 is 4.74 Å². The van der Waals surface area contributed by atoms with Gasteiger partial charge in [0.2, 0.25) is 5.91 Å². The van der Waals surface area contributed by atoms with E-state index in [1.807, 2.05) is 24.8 Å². The number of benzene rings is 1. The summed E-state index contributed by atoms with van der Waals surface area (Å²) in [5.41, 5.74) is -0.0123. The molecule has 1 saturated heterocycles. The molecule has 1 aliphatic rings. The highest BCUT2D eigenvalue weighted by Gasteiger charge is 2.40. The third-order valence-corrected chi connectivity index (χ3v) is 5.52. The number of rotatable bonds is 8. The molecule has 0 bridgehead atoms. The summed E-state index contributed by atoms with van der Waals surface area (Å²) in [6.07, 6.45) is 3.84. The van der Waals surface area contributed by atoms with Gasteiger partial charge in [0.1, 0.15) is 5.75 Å². The summed E-state index contributed by atoms with van der Waals surface area (Å²) in [6.45, 7) is 5.68. The molecule has 1 heterocycles. The summed E-state index contributed by atoms with van der Waals surface area (Å²) in [5, 5.41) is 8.90. The molecule has 1 atom stereocenters. The van der Waals surface area contributed by atoms with E-state index in [9.17, 15) is 9.59 Å². The van der Waals surface area contributed by atoms with Gasteiger partial charge in [0.05, 0.1) is 30.8 Å². The number of carbonyl (C=O) groups excluding carboxylic acids is 2. The number of hydrogen-bond acceptors (Lipinski definition) is 5. The standard InChI is InChI=1S/C22H30N2O4/c1-22(2,21(26)27-3)18-9-7-12-24(16-18)20(25)11-4-5-13-28-19-10-6-8-17(14-19)15-23/h6,8,10,14,18H,4-5,7,9,11-13,16H2,1-3H3/t18-/m1/s1. The van der Waals surface area contributed by atoms with E-state index in [4.69, 9.17) is 14.7 Å². The van der Waals surface area contributed by atoms with Crippen LogP contribution in [0.3, 0.4) is 0 Å². The van der Waals surface area contributed by atoms with Crippen LogP contribution in [0, 0.1) is 22.7 Å². The van der Waals surface area contributed by atoms with Gasteiger partial charge >= 0.3 is 5.97 Å². The van der Waals surface area contributed by atoms with Crippen molar-refractivity contribution < 1.29 is 19.1 Å². The minimum atomic E-state index is -0.584. The lowest BCUT2D eigenvalue weighted by Crippen LogP contribution is -2.47. The van der Waals surface area contributed by atoms with Gasteiger partial charge in [0.25, 0.3) is 0 Å². The number of nitriles is 1. The van der Waals surface area contributed by atoms with Gasteiger partial charge in [-0.2, -0.15) is 5.26 Å². The van der Waals surface area contributed by atoms with Crippen molar-refractivity contribution in [1.82, 2.24) is 4.90 Å². The number of carbonyl (C=O) groups is 2. The van der Waals surface area contributed by atoms with Gasteiger partial charge in [0.15, 0.2) is 0 Å². The molecule has 0 N–H and O–H groups in total. The van der Waals surface area contributed by atoms with Crippen molar-refractivity contribution in [2.24, 2.45) is 11.3 Å². The maximum absolute atomic E-state index is 12.6. The van der Waals surface area contributed by atoms with E-state index in [0.29, 0.717) is 30.9 Å². The Bertz CT molecular complexity index is 723. The summed E-state index contributed by atoms with van der Waals surface area (Å²) in [7, 11) is 1.41. The number of ether oxygens (including phenoxy) is 2. The minimum Gasteiger partial charge on any atom is -0.494 e. The minimum absolute atomic E-state index is 0.119. The summed E-state index contributed by atoms with van der Waals surface area (Å²) in [4.78, 5) is 26.5. The second-order valence-electron chi connectivity index (χ2n) is 7.84. The Morgan fingerprint density at radius 1 is 1.32 bits per heavy atom. The van der Waals surface area contributed by atoms with Crippen LogP contribution in [0.15, 0.2) is 24.3 Å². The van der Waals surface area contributed by atoms with Crippen LogP contribution >= 0.6 is 0 Å². The van der Waals surface area contributed by atoms with E-state index < -0.39 is 5.41 Å². The van der Waals surface area contributed by atoms with Crippen LogP contribution in [0.2, 0.25) is 0 Å². The number of piperidine rings is 1. The molecular weight excluding hydrogens is 356 g/mol. The molecule has 6 nitrogen and oxygen atoms in total. The number of likely N-dealkylation sites (tertiary alicyclic amines) is 1. The molecule has 1 fully saturated rings. The Hall–Kier alpha value is -2.55. The molecule has 2 rings (SSSR count). The highest BCUT2D eigenvalue weighted by molar-refractivity contribution is 5.78. The summed E-state index contributed by atoms with van der Waals surface area (Å²) in [6, 6.07) is 9.15. The number of unbranched alkanes of at least 4 members (excludes halogenated alkanes) is 1. The number of amides is 1. The average Bonchev–Trinajstić information content (AvgIpc) is 2.72. The molecule has 0 saturated carbocycles. The zero-order valence-electron chi connectivity index (χ0n) is 17.1. The summed E-state index contributed by atoms with van der Waals surface area (Å²) >= 11 is 0. The first-order valence-electron chi connectivity index (χ1n) is 9.87. The molecule has 0 spiro atoms. The molecule has 1 aromatic rings. The van der Waals surface area contributed by atoms with Crippen molar-refractivity contribution in [3.63, 3.8) is 0 Å². The molecule has 0 aromatic heterocycles. The van der Waals surface area contributed by atoms with Crippen molar-refractivity contribution in [3.8, 4) is 11.8 Å². The van der Waals surface area contributed by atoms with Crippen molar-refractivity contribution in [2.75, 3.05) is 26.8 Å². The van der Waals surface area contributed by atoms with Crippen molar-refractivity contribution in [3.05, 3.63) is 29.8 Å². The van der Waals surface area contributed by atoms with E-state index in [1.165, 1.54) is 7.11 Å². The lowest BCUT2D eigenvalue weighted by Gasteiger charge is -2.39. The van der Waals surface area contributed by atoms with Gasteiger partial charge in [-0.25, -0.2) is 0 Å². The SMILES string of the molecule is COC(=O)C(C)(C)[C@@H]1CCCN(C(=O)CCCCOc2cccc(C#N)c2)C1. The molecule has 28 heavy (non-hydrogen) atoms. The van der Waals surface area contributed by atoms with Gasteiger partial charge in [-0.3, -0.25) is 9.59 Å². The average molecular weight is 386 g/mol. The molecular formula is C22H30N2O4. The number of methoxy groups -OCH3 is 1. The quantitative estimate of drug-likeness (QED) is 0.504. The zero-order valence-corrected chi connectivity index (χ0v) is 17.1. The normalized spacial score (nSPS) is 16.9. The fraction of sp³-hybridized carbons (Fsp3) is 0.591. The predicted octanol–water partition coefficient (Wildman–Crippen LogP) is 3.55. The monoisotopic (exact) mass is 386 g/mol. The topological polar surface area (TPSA) is 79.6 Å². The zero-order chi connectivity index (χ0) is 20.6. The van der Waals surface area contributed by atoms with Gasteiger partial charge in [-0.1, -0.05) is 6.07 Å². The van der Waals surface area contributed by atoms with Crippen LogP contribution in [-0.2, 0) is 14.3 Å². The maximum atomic E-state index is 12.6. The van der Waals surface area contributed by atoms with Crippen LogP contribution in [0.4, 0.5) is 0 Å². The van der Waals surface area contributed by atoms with Gasteiger partial charge < -0.3 is 14.4 Å². The van der Waals surface area contributed by atoms with Crippen LogP contribution in [-0.4, -0.2) is 43.6 Å². The summed E-state index contributed by atoms with van der Waals surface area (Å²) in [5.74, 6) is 0.712. The molecule has 1 aromatic carbocycles. The maximum Gasteiger partial charge on any atom is 0.311 e. The van der Waals surface area contributed by atoms with Gasteiger partial charge in [-0.15, -0.1) is 0 Å². The Morgan fingerprint density at radius 2 is 2.11 bits per heavy atom. The second kappa shape index (κ2) is 10.1. The first-order chi connectivity index (χ1) is 13.4. The molecule has 152 valence electrons. The van der Waals surface area contributed by atoms with E-state index in [0.717, 1.165) is 32.2 Å². The van der Waals surface area contributed by atoms with E-state index in [-0.39, 0.29) is 17.8 Å². The third kappa shape index (κ3) is 5.72. The summed E-state index contributed by atoms with van der Waals surface area (Å²) < 4.78 is 10.6. The van der Waals surface area contributed by atoms with E-state index >= 15 is 0 Å². The Balaban J connectivity index is 1.73. The first-order valence-corrected chi connectivity index (χ1v) is 9.87. The molecule has 1 amide bonds. The molecule has 1 aliphatic heterocycles. The van der Waals surface area contributed by atoms with Gasteiger partial charge in [0, 0.05) is 19.5 Å². The lowest BCUT2D eigenvalue weighted by molar-refractivity contribution is -0.156. The smallest absolute Gasteiger partial charge is 0.311 e. The lowest BCUT2D eigenvalue weighted by atomic mass is 9.74. The van der Waals surface area contributed by atoms with Crippen molar-refractivity contribution >= 4 is 11.9 Å². The molecule has 0 radical (unpaired) electrons. The number of nitrogens with zero attached hydrogens (tertiary/aromatic N) is 2. The van der Waals surface area contributed by atoms with E-state index in [1.54, 1.807) is 18.2 Å². The van der Waals surface area contributed by atoms with Crippen molar-refractivity contribution in [1.29, 1.82) is 5.26 Å². The predicted molar refractivity (Wildman–Crippen MR) is 106 cm³/mol. The first kappa shape index (κ1) is 21.7. The third-order valence-electron chi connectivity index (χ3n) is 5.52. The molecule has 0 aliphatic carbocycles. The van der Waals surface area contributed by atoms with Crippen LogP contribution in [0.1, 0.15) is 51.5 Å². The number of esters is 1. The number of hydrogen-bond donors (Lipinski definition) is 0. The Morgan fingerprint density at radius 3 is 2.82 bits per heavy atom. The Labute approximate surface area is 167 Å². The van der Waals surface area contributed by atoms with Crippen LogP contribution in [0.5, 0.6) is 5.75 Å². The Kier molecular flexibility index (Phi) is 7.86. The fourth-order valence-electron chi connectivity index (χ4n) is 3.60. The van der Waals surface area contributed by atoms with E-state index in [2.05, 4.69) is 6.07 Å². The van der Waals surface area contributed by atoms with Crippen molar-refractivity contribution in [2.45, 2.75) is 46.0 Å². The fourth-order valence-corrected chi connectivity index (χ4v) is 3.60.